The Bertz CT molecular complexity index is 256. The predicted octanol–water partition coefficient (Wildman–Crippen LogP) is 7.03. The Morgan fingerprint density at radius 3 is 1.57 bits per heavy atom. The van der Waals surface area contributed by atoms with Gasteiger partial charge in [-0.1, -0.05) is 84.0 Å². The van der Waals surface area contributed by atoms with E-state index in [4.69, 9.17) is 16.3 Å². The van der Waals surface area contributed by atoms with Gasteiger partial charge in [0.25, 0.3) is 0 Å². The molecule has 0 aromatic carbocycles. The third-order valence-corrected chi connectivity index (χ3v) is 4.94. The summed E-state index contributed by atoms with van der Waals surface area (Å²) in [6.45, 7) is 4.24. The zero-order valence-electron chi connectivity index (χ0n) is 15.6. The molecule has 0 radical (unpaired) electrons. The van der Waals surface area contributed by atoms with E-state index in [0.29, 0.717) is 12.0 Å². The van der Waals surface area contributed by atoms with E-state index in [1.165, 1.54) is 90.4 Å². The van der Waals surface area contributed by atoms with Crippen LogP contribution in [0.15, 0.2) is 0 Å². The van der Waals surface area contributed by atoms with Gasteiger partial charge in [-0.15, -0.1) is 11.6 Å². The van der Waals surface area contributed by atoms with Crippen molar-refractivity contribution in [3.8, 4) is 0 Å². The summed E-state index contributed by atoms with van der Waals surface area (Å²) in [5, 5.41) is 0.400. The van der Waals surface area contributed by atoms with E-state index in [1.807, 2.05) is 0 Å². The van der Waals surface area contributed by atoms with Crippen LogP contribution in [0.25, 0.3) is 0 Å². The summed E-state index contributed by atoms with van der Waals surface area (Å²) in [6, 6.07) is 0. The van der Waals surface area contributed by atoms with Gasteiger partial charge in [0.1, 0.15) is 0 Å². The molecule has 0 saturated carbocycles. The highest BCUT2D eigenvalue weighted by molar-refractivity contribution is 6.20. The number of halogens is 1. The lowest BCUT2D eigenvalue weighted by molar-refractivity contribution is -0.141. The molecule has 0 N–H and O–H groups in total. The fourth-order valence-electron chi connectivity index (χ4n) is 2.83. The Kier molecular flexibility index (Phi) is 17.9. The predicted molar refractivity (Wildman–Crippen MR) is 101 cm³/mol. The minimum atomic E-state index is -0.158. The first-order valence-electron chi connectivity index (χ1n) is 9.94. The van der Waals surface area contributed by atoms with Crippen molar-refractivity contribution < 1.29 is 9.53 Å². The molecular formula is C20H39ClO2. The zero-order chi connectivity index (χ0) is 17.2. The number of unbranched alkanes of at least 4 members (excludes halogenated alkanes) is 12. The second kappa shape index (κ2) is 18.1. The monoisotopic (exact) mass is 346 g/mol. The third kappa shape index (κ3) is 19.7. The Hall–Kier alpha value is -0.240. The second-order valence-electron chi connectivity index (χ2n) is 6.73. The minimum absolute atomic E-state index is 0.158. The number of hydrogen-bond donors (Lipinski definition) is 0. The van der Waals surface area contributed by atoms with Gasteiger partial charge in [0.05, 0.1) is 6.61 Å². The van der Waals surface area contributed by atoms with Crippen molar-refractivity contribution in [1.29, 1.82) is 0 Å². The van der Waals surface area contributed by atoms with Gasteiger partial charge >= 0.3 is 5.97 Å². The van der Waals surface area contributed by atoms with Crippen LogP contribution in [0, 0.1) is 0 Å². The van der Waals surface area contributed by atoms with Crippen LogP contribution in [0.3, 0.4) is 0 Å². The fraction of sp³-hybridized carbons (Fsp3) is 0.950. The summed E-state index contributed by atoms with van der Waals surface area (Å²) in [6.07, 6.45) is 19.5. The first kappa shape index (κ1) is 22.8. The number of esters is 1. The van der Waals surface area contributed by atoms with Crippen LogP contribution in [0.1, 0.15) is 110 Å². The average Bonchev–Trinajstić information content (AvgIpc) is 2.53. The van der Waals surface area contributed by atoms with E-state index in [1.54, 1.807) is 0 Å². The molecule has 0 saturated heterocycles. The van der Waals surface area contributed by atoms with Crippen molar-refractivity contribution in [1.82, 2.24) is 0 Å². The normalized spacial score (nSPS) is 12.3. The molecule has 0 aromatic rings. The van der Waals surface area contributed by atoms with Crippen molar-refractivity contribution in [3.05, 3.63) is 0 Å². The number of alkyl halides is 1. The summed E-state index contributed by atoms with van der Waals surface area (Å²) in [4.78, 5) is 10.6. The van der Waals surface area contributed by atoms with Gasteiger partial charge in [0.15, 0.2) is 0 Å². The van der Waals surface area contributed by atoms with Crippen molar-refractivity contribution in [2.75, 3.05) is 6.61 Å². The van der Waals surface area contributed by atoms with Crippen molar-refractivity contribution >= 4 is 17.6 Å². The van der Waals surface area contributed by atoms with E-state index in [-0.39, 0.29) is 5.97 Å². The molecule has 0 fully saturated rings. The van der Waals surface area contributed by atoms with E-state index < -0.39 is 0 Å². The molecule has 0 heterocycles. The maximum absolute atomic E-state index is 10.6. The maximum atomic E-state index is 10.6. The molecule has 0 aliphatic rings. The summed E-state index contributed by atoms with van der Waals surface area (Å²) in [5.74, 6) is -0.158. The first-order valence-corrected chi connectivity index (χ1v) is 10.4. The van der Waals surface area contributed by atoms with Crippen LogP contribution in [-0.2, 0) is 9.53 Å². The highest BCUT2D eigenvalue weighted by Gasteiger charge is 2.00. The molecule has 23 heavy (non-hydrogen) atoms. The molecule has 1 unspecified atom stereocenters. The molecule has 138 valence electrons. The molecule has 0 bridgehead atoms. The lowest BCUT2D eigenvalue weighted by Crippen LogP contribution is -2.00. The van der Waals surface area contributed by atoms with E-state index in [2.05, 4.69) is 6.92 Å². The average molecular weight is 347 g/mol. The molecule has 0 spiro atoms. The lowest BCUT2D eigenvalue weighted by Gasteiger charge is -2.06. The molecule has 0 aromatic heterocycles. The molecule has 3 heteroatoms. The molecule has 0 aliphatic heterocycles. The topological polar surface area (TPSA) is 26.3 Å². The molecular weight excluding hydrogens is 308 g/mol. The molecule has 2 nitrogen and oxygen atoms in total. The highest BCUT2D eigenvalue weighted by atomic mass is 35.5. The van der Waals surface area contributed by atoms with Gasteiger partial charge in [-0.2, -0.15) is 0 Å². The van der Waals surface area contributed by atoms with E-state index in [9.17, 15) is 4.79 Å². The number of ether oxygens (including phenoxy) is 1. The maximum Gasteiger partial charge on any atom is 0.302 e. The molecule has 1 atom stereocenters. The number of carbonyl (C=O) groups is 1. The van der Waals surface area contributed by atoms with Crippen molar-refractivity contribution in [2.45, 2.75) is 116 Å². The van der Waals surface area contributed by atoms with Crippen molar-refractivity contribution in [2.24, 2.45) is 0 Å². The van der Waals surface area contributed by atoms with Crippen LogP contribution < -0.4 is 0 Å². The Morgan fingerprint density at radius 2 is 1.17 bits per heavy atom. The zero-order valence-corrected chi connectivity index (χ0v) is 16.3. The number of hydrogen-bond acceptors (Lipinski definition) is 2. The Morgan fingerprint density at radius 1 is 0.783 bits per heavy atom. The smallest absolute Gasteiger partial charge is 0.302 e. The van der Waals surface area contributed by atoms with Gasteiger partial charge in [-0.25, -0.2) is 0 Å². The summed E-state index contributed by atoms with van der Waals surface area (Å²) in [5.41, 5.74) is 0. The van der Waals surface area contributed by atoms with Gasteiger partial charge in [0.2, 0.25) is 0 Å². The second-order valence-corrected chi connectivity index (χ2v) is 7.35. The third-order valence-electron chi connectivity index (χ3n) is 4.41. The number of carbonyl (C=O) groups excluding carboxylic acids is 1. The molecule has 0 aliphatic carbocycles. The van der Waals surface area contributed by atoms with Crippen LogP contribution in [0.5, 0.6) is 0 Å². The van der Waals surface area contributed by atoms with Crippen LogP contribution in [0.4, 0.5) is 0 Å². The van der Waals surface area contributed by atoms with Gasteiger partial charge in [0, 0.05) is 12.3 Å². The van der Waals surface area contributed by atoms with Crippen LogP contribution in [0.2, 0.25) is 0 Å². The summed E-state index contributed by atoms with van der Waals surface area (Å²) >= 11 is 6.12. The molecule has 0 amide bonds. The van der Waals surface area contributed by atoms with Crippen LogP contribution in [-0.4, -0.2) is 18.0 Å². The van der Waals surface area contributed by atoms with E-state index >= 15 is 0 Å². The van der Waals surface area contributed by atoms with E-state index in [0.717, 1.165) is 12.8 Å². The number of rotatable bonds is 17. The standard InChI is InChI=1S/C20H39ClO2/c1-3-20(21)17-15-13-11-9-7-5-4-6-8-10-12-14-16-18-23-19(2)22/h20H,3-18H2,1-2H3. The summed E-state index contributed by atoms with van der Waals surface area (Å²) in [7, 11) is 0. The van der Waals surface area contributed by atoms with Gasteiger partial charge < -0.3 is 4.74 Å². The largest absolute Gasteiger partial charge is 0.466 e. The Labute approximate surface area is 149 Å². The van der Waals surface area contributed by atoms with Crippen LogP contribution >= 0.6 is 11.6 Å². The first-order chi connectivity index (χ1) is 11.2. The SMILES string of the molecule is CCC(Cl)CCCCCCCCCCCCCCCOC(C)=O. The van der Waals surface area contributed by atoms with Gasteiger partial charge in [-0.3, -0.25) is 4.79 Å². The Balaban J connectivity index is 3.01. The quantitative estimate of drug-likeness (QED) is 0.160. The minimum Gasteiger partial charge on any atom is -0.466 e. The van der Waals surface area contributed by atoms with Crippen molar-refractivity contribution in [3.63, 3.8) is 0 Å². The summed E-state index contributed by atoms with van der Waals surface area (Å²) < 4.78 is 4.92. The lowest BCUT2D eigenvalue weighted by atomic mass is 10.0. The highest BCUT2D eigenvalue weighted by Crippen LogP contribution is 2.15. The van der Waals surface area contributed by atoms with Gasteiger partial charge in [-0.05, 0) is 19.3 Å². The fourth-order valence-corrected chi connectivity index (χ4v) is 2.99. The molecule has 0 rings (SSSR count).